The molecule has 78 valence electrons. The maximum Gasteiger partial charge on any atom is 0.0959 e. The van der Waals surface area contributed by atoms with E-state index in [9.17, 15) is 0 Å². The van der Waals surface area contributed by atoms with Gasteiger partial charge in [0.2, 0.25) is 0 Å². The summed E-state index contributed by atoms with van der Waals surface area (Å²) in [6.07, 6.45) is 3.25. The van der Waals surface area contributed by atoms with E-state index in [-0.39, 0.29) is 0 Å². The Hall–Kier alpha value is -0.410. The topological polar surface area (TPSA) is 24.9 Å². The first-order valence-electron chi connectivity index (χ1n) is 5.37. The minimum absolute atomic E-state index is 0.757. The minimum Gasteiger partial charge on any atom is -0.316 e. The number of nitrogens with one attached hydrogen (secondary N) is 1. The molecule has 0 spiro atoms. The maximum absolute atomic E-state index is 4.36. The van der Waals surface area contributed by atoms with E-state index in [2.05, 4.69) is 29.5 Å². The largest absolute Gasteiger partial charge is 0.316 e. The highest BCUT2D eigenvalue weighted by Gasteiger charge is 2.39. The van der Waals surface area contributed by atoms with Gasteiger partial charge in [-0.15, -0.1) is 11.3 Å². The van der Waals surface area contributed by atoms with Crippen LogP contribution in [0.5, 0.6) is 0 Å². The van der Waals surface area contributed by atoms with Crippen LogP contribution in [-0.4, -0.2) is 18.1 Å². The van der Waals surface area contributed by atoms with Crippen molar-refractivity contribution in [2.45, 2.75) is 26.2 Å². The molecule has 2 atom stereocenters. The van der Waals surface area contributed by atoms with Crippen LogP contribution in [-0.2, 0) is 0 Å². The van der Waals surface area contributed by atoms with E-state index < -0.39 is 0 Å². The van der Waals surface area contributed by atoms with E-state index >= 15 is 0 Å². The summed E-state index contributed by atoms with van der Waals surface area (Å²) < 4.78 is 0. The van der Waals surface area contributed by atoms with Crippen molar-refractivity contribution in [3.63, 3.8) is 0 Å². The average Bonchev–Trinajstić information content (AvgIpc) is 2.72. The van der Waals surface area contributed by atoms with Gasteiger partial charge in [0.05, 0.1) is 5.01 Å². The van der Waals surface area contributed by atoms with Crippen molar-refractivity contribution in [2.75, 3.05) is 13.1 Å². The fourth-order valence-corrected chi connectivity index (χ4v) is 2.60. The molecular formula is C11H18N2S. The second-order valence-electron chi connectivity index (χ2n) is 4.52. The van der Waals surface area contributed by atoms with Crippen molar-refractivity contribution in [3.8, 4) is 0 Å². The van der Waals surface area contributed by atoms with Gasteiger partial charge in [0.25, 0.3) is 0 Å². The number of aromatic nitrogens is 1. The van der Waals surface area contributed by atoms with Crippen LogP contribution in [0.25, 0.3) is 0 Å². The summed E-state index contributed by atoms with van der Waals surface area (Å²) in [4.78, 5) is 4.36. The second-order valence-corrected chi connectivity index (χ2v) is 5.45. The number of thiazole rings is 1. The molecule has 1 heterocycles. The lowest BCUT2D eigenvalue weighted by atomic mass is 10.2. The molecule has 1 aromatic heterocycles. The predicted octanol–water partition coefficient (Wildman–Crippen LogP) is 2.49. The molecule has 1 N–H and O–H groups in total. The summed E-state index contributed by atoms with van der Waals surface area (Å²) in [5, 5.41) is 6.93. The fraction of sp³-hybridized carbons (Fsp3) is 0.727. The predicted molar refractivity (Wildman–Crippen MR) is 60.7 cm³/mol. The summed E-state index contributed by atoms with van der Waals surface area (Å²) in [5.74, 6) is 2.36. The van der Waals surface area contributed by atoms with E-state index in [1.165, 1.54) is 18.0 Å². The third-order valence-electron chi connectivity index (χ3n) is 2.65. The normalized spacial score (nSPS) is 25.6. The summed E-state index contributed by atoms with van der Waals surface area (Å²) in [6, 6.07) is 0. The standard InChI is InChI=1S/C11H18N2S/c1-8(2)6-12-7-9-5-10(9)11-13-3-4-14-11/h3-4,8-10,12H,5-7H2,1-2H3. The van der Waals surface area contributed by atoms with Crippen LogP contribution in [0.3, 0.4) is 0 Å². The first-order valence-corrected chi connectivity index (χ1v) is 6.25. The van der Waals surface area contributed by atoms with Crippen LogP contribution < -0.4 is 5.32 Å². The van der Waals surface area contributed by atoms with Crippen molar-refractivity contribution >= 4 is 11.3 Å². The van der Waals surface area contributed by atoms with Gasteiger partial charge in [0.15, 0.2) is 0 Å². The van der Waals surface area contributed by atoms with Crippen molar-refractivity contribution in [1.29, 1.82) is 0 Å². The SMILES string of the molecule is CC(C)CNCC1CC1c1nccs1. The molecule has 2 rings (SSSR count). The van der Waals surface area contributed by atoms with E-state index in [1.54, 1.807) is 11.3 Å². The highest BCUT2D eigenvalue weighted by molar-refractivity contribution is 7.09. The smallest absolute Gasteiger partial charge is 0.0959 e. The Balaban J connectivity index is 1.67. The quantitative estimate of drug-likeness (QED) is 0.807. The Kier molecular flexibility index (Phi) is 3.19. The van der Waals surface area contributed by atoms with Crippen LogP contribution in [0, 0.1) is 11.8 Å². The molecule has 0 bridgehead atoms. The molecule has 2 nitrogen and oxygen atoms in total. The molecule has 3 heteroatoms. The molecule has 14 heavy (non-hydrogen) atoms. The van der Waals surface area contributed by atoms with Gasteiger partial charge in [-0.25, -0.2) is 4.98 Å². The summed E-state index contributed by atoms with van der Waals surface area (Å²) in [5.41, 5.74) is 0. The average molecular weight is 210 g/mol. The Bertz CT molecular complexity index is 269. The molecule has 1 saturated carbocycles. The van der Waals surface area contributed by atoms with Gasteiger partial charge in [0, 0.05) is 17.5 Å². The number of nitrogens with zero attached hydrogens (tertiary/aromatic N) is 1. The molecular weight excluding hydrogens is 192 g/mol. The minimum atomic E-state index is 0.757. The number of hydrogen-bond donors (Lipinski definition) is 1. The van der Waals surface area contributed by atoms with Crippen molar-refractivity contribution in [1.82, 2.24) is 10.3 Å². The maximum atomic E-state index is 4.36. The highest BCUT2D eigenvalue weighted by atomic mass is 32.1. The van der Waals surface area contributed by atoms with Gasteiger partial charge in [-0.2, -0.15) is 0 Å². The van der Waals surface area contributed by atoms with Gasteiger partial charge in [-0.05, 0) is 31.3 Å². The van der Waals surface area contributed by atoms with Crippen LogP contribution in [0.4, 0.5) is 0 Å². The Labute approximate surface area is 89.8 Å². The van der Waals surface area contributed by atoms with Crippen LogP contribution in [0.2, 0.25) is 0 Å². The number of hydrogen-bond acceptors (Lipinski definition) is 3. The lowest BCUT2D eigenvalue weighted by Gasteiger charge is -2.05. The lowest BCUT2D eigenvalue weighted by molar-refractivity contribution is 0.532. The zero-order valence-electron chi connectivity index (χ0n) is 8.86. The van der Waals surface area contributed by atoms with Gasteiger partial charge < -0.3 is 5.32 Å². The number of rotatable bonds is 5. The Morgan fingerprint density at radius 3 is 3.14 bits per heavy atom. The summed E-state index contributed by atoms with van der Waals surface area (Å²) in [6.45, 7) is 6.81. The molecule has 0 aromatic carbocycles. The van der Waals surface area contributed by atoms with Crippen LogP contribution >= 0.6 is 11.3 Å². The summed E-state index contributed by atoms with van der Waals surface area (Å²) in [7, 11) is 0. The van der Waals surface area contributed by atoms with Crippen LogP contribution in [0.1, 0.15) is 31.2 Å². The van der Waals surface area contributed by atoms with Gasteiger partial charge in [0.1, 0.15) is 0 Å². The van der Waals surface area contributed by atoms with Crippen molar-refractivity contribution < 1.29 is 0 Å². The molecule has 0 radical (unpaired) electrons. The Morgan fingerprint density at radius 2 is 2.50 bits per heavy atom. The van der Waals surface area contributed by atoms with Gasteiger partial charge >= 0.3 is 0 Å². The molecule has 0 saturated heterocycles. The van der Waals surface area contributed by atoms with Crippen LogP contribution in [0.15, 0.2) is 11.6 Å². The monoisotopic (exact) mass is 210 g/mol. The summed E-state index contributed by atoms with van der Waals surface area (Å²) >= 11 is 1.80. The third kappa shape index (κ3) is 2.55. The molecule has 1 aliphatic carbocycles. The first-order chi connectivity index (χ1) is 6.77. The zero-order valence-corrected chi connectivity index (χ0v) is 9.68. The van der Waals surface area contributed by atoms with E-state index in [0.29, 0.717) is 0 Å². The Morgan fingerprint density at radius 1 is 1.64 bits per heavy atom. The molecule has 0 aliphatic heterocycles. The van der Waals surface area contributed by atoms with E-state index in [4.69, 9.17) is 0 Å². The molecule has 0 amide bonds. The van der Waals surface area contributed by atoms with Crippen molar-refractivity contribution in [2.24, 2.45) is 11.8 Å². The second kappa shape index (κ2) is 4.41. The highest BCUT2D eigenvalue weighted by Crippen LogP contribution is 2.47. The third-order valence-corrected chi connectivity index (χ3v) is 3.56. The van der Waals surface area contributed by atoms with E-state index in [0.717, 1.165) is 24.3 Å². The molecule has 1 fully saturated rings. The first kappa shape index (κ1) is 10.1. The molecule has 1 aromatic rings. The zero-order chi connectivity index (χ0) is 9.97. The fourth-order valence-electron chi connectivity index (χ4n) is 1.75. The van der Waals surface area contributed by atoms with E-state index in [1.807, 2.05) is 6.20 Å². The van der Waals surface area contributed by atoms with Crippen molar-refractivity contribution in [3.05, 3.63) is 16.6 Å². The van der Waals surface area contributed by atoms with Gasteiger partial charge in [-0.1, -0.05) is 13.8 Å². The molecule has 1 aliphatic rings. The van der Waals surface area contributed by atoms with Gasteiger partial charge in [-0.3, -0.25) is 0 Å². The molecule has 2 unspecified atom stereocenters. The lowest BCUT2D eigenvalue weighted by Crippen LogP contribution is -2.22.